The first-order valence-corrected chi connectivity index (χ1v) is 8.39. The maximum atomic E-state index is 10.0. The number of hydrogen-bond acceptors (Lipinski definition) is 4. The Labute approximate surface area is 146 Å². The summed E-state index contributed by atoms with van der Waals surface area (Å²) < 4.78 is 0. The van der Waals surface area contributed by atoms with Crippen LogP contribution in [-0.4, -0.2) is 16.6 Å². The van der Waals surface area contributed by atoms with Crippen LogP contribution in [0.4, 0.5) is 11.4 Å². The number of nitrogens with zero attached hydrogens (tertiary/aromatic N) is 1. The van der Waals surface area contributed by atoms with Gasteiger partial charge in [-0.15, -0.1) is 0 Å². The number of aromatic nitrogens is 1. The molecule has 3 N–H and O–H groups in total. The molecule has 0 saturated heterocycles. The number of pyridine rings is 1. The molecule has 3 aromatic rings. The molecule has 0 aliphatic rings. The van der Waals surface area contributed by atoms with Gasteiger partial charge in [0.25, 0.3) is 0 Å². The van der Waals surface area contributed by atoms with Crippen molar-refractivity contribution in [3.8, 4) is 5.75 Å². The molecule has 0 spiro atoms. The van der Waals surface area contributed by atoms with Gasteiger partial charge in [-0.3, -0.25) is 4.98 Å². The number of phenols is 1. The fraction of sp³-hybridized carbons (Fsp3) is 0.211. The number of rotatable bonds is 6. The van der Waals surface area contributed by atoms with Crippen LogP contribution in [0, 0.1) is 0 Å². The van der Waals surface area contributed by atoms with E-state index in [9.17, 15) is 5.11 Å². The molecule has 0 radical (unpaired) electrons. The van der Waals surface area contributed by atoms with Gasteiger partial charge in [-0.25, -0.2) is 0 Å². The molecule has 0 aliphatic carbocycles. The fourth-order valence-corrected chi connectivity index (χ4v) is 2.76. The van der Waals surface area contributed by atoms with Crippen LogP contribution in [-0.2, 0) is 6.54 Å². The molecule has 1 aromatic heterocycles. The van der Waals surface area contributed by atoms with E-state index in [1.165, 1.54) is 0 Å². The lowest BCUT2D eigenvalue weighted by molar-refractivity contribution is 0.464. The van der Waals surface area contributed by atoms with Gasteiger partial charge in [0.1, 0.15) is 5.75 Å². The number of phenolic OH excluding ortho intramolecular Hbond substituents is 1. The average Bonchev–Trinajstić information content (AvgIpc) is 2.58. The minimum atomic E-state index is 0.301. The second-order valence-corrected chi connectivity index (χ2v) is 6.10. The van der Waals surface area contributed by atoms with Crippen molar-refractivity contribution in [3.05, 3.63) is 59.2 Å². The van der Waals surface area contributed by atoms with Gasteiger partial charge in [0.15, 0.2) is 0 Å². The molecule has 0 unspecified atom stereocenters. The Kier molecular flexibility index (Phi) is 5.18. The van der Waals surface area contributed by atoms with Crippen molar-refractivity contribution >= 4 is 33.9 Å². The van der Waals surface area contributed by atoms with Crippen molar-refractivity contribution < 1.29 is 5.11 Å². The molecular weight excluding hydrogens is 322 g/mol. The first kappa shape index (κ1) is 16.6. The maximum Gasteiger partial charge on any atom is 0.120 e. The average molecular weight is 342 g/mol. The molecule has 124 valence electrons. The fourth-order valence-electron chi connectivity index (χ4n) is 2.59. The van der Waals surface area contributed by atoms with Crippen LogP contribution in [0.5, 0.6) is 5.75 Å². The maximum absolute atomic E-state index is 10.0. The number of hydrogen-bond donors (Lipinski definition) is 3. The summed E-state index contributed by atoms with van der Waals surface area (Å²) >= 11 is 6.03. The topological polar surface area (TPSA) is 57.2 Å². The summed E-state index contributed by atoms with van der Waals surface area (Å²) in [5.41, 5.74) is 3.59. The van der Waals surface area contributed by atoms with Gasteiger partial charge in [0.05, 0.1) is 5.52 Å². The van der Waals surface area contributed by atoms with Gasteiger partial charge in [0.2, 0.25) is 0 Å². The lowest BCUT2D eigenvalue weighted by Gasteiger charge is -2.12. The number of fused-ring (bicyclic) bond motifs is 1. The normalized spacial score (nSPS) is 10.9. The van der Waals surface area contributed by atoms with Crippen LogP contribution in [0.15, 0.2) is 48.7 Å². The standard InChI is InChI=1S/C19H20ClN3O/c1-2-8-21-12-13-10-15(4-6-19(13)24)23-17-7-9-22-18-11-14(20)3-5-16(17)18/h3-7,9-11,21,24H,2,8,12H2,1H3,(H,22,23). The first-order valence-electron chi connectivity index (χ1n) is 8.01. The Morgan fingerprint density at radius 3 is 2.83 bits per heavy atom. The highest BCUT2D eigenvalue weighted by atomic mass is 35.5. The lowest BCUT2D eigenvalue weighted by Crippen LogP contribution is -2.13. The molecule has 0 bridgehead atoms. The zero-order chi connectivity index (χ0) is 16.9. The quantitative estimate of drug-likeness (QED) is 0.443. The van der Waals surface area contributed by atoms with Gasteiger partial charge in [-0.05, 0) is 55.4 Å². The van der Waals surface area contributed by atoms with Crippen LogP contribution in [0.25, 0.3) is 10.9 Å². The van der Waals surface area contributed by atoms with Crippen LogP contribution in [0.2, 0.25) is 5.02 Å². The Balaban J connectivity index is 1.87. The number of benzene rings is 2. The number of anilines is 2. The van der Waals surface area contributed by atoms with Gasteiger partial charge in [0, 0.05) is 40.1 Å². The monoisotopic (exact) mass is 341 g/mol. The van der Waals surface area contributed by atoms with Crippen LogP contribution >= 0.6 is 11.6 Å². The van der Waals surface area contributed by atoms with Gasteiger partial charge >= 0.3 is 0 Å². The van der Waals surface area contributed by atoms with E-state index >= 15 is 0 Å². The van der Waals surface area contributed by atoms with E-state index in [4.69, 9.17) is 11.6 Å². The summed E-state index contributed by atoms with van der Waals surface area (Å²) in [7, 11) is 0. The minimum Gasteiger partial charge on any atom is -0.508 e. The summed E-state index contributed by atoms with van der Waals surface area (Å²) in [4.78, 5) is 4.35. The Morgan fingerprint density at radius 1 is 1.12 bits per heavy atom. The second-order valence-electron chi connectivity index (χ2n) is 5.67. The number of halogens is 1. The zero-order valence-electron chi connectivity index (χ0n) is 13.5. The van der Waals surface area contributed by atoms with Crippen molar-refractivity contribution in [1.82, 2.24) is 10.3 Å². The molecule has 0 amide bonds. The molecule has 0 fully saturated rings. The highest BCUT2D eigenvalue weighted by Gasteiger charge is 2.06. The first-order chi connectivity index (χ1) is 11.7. The molecule has 4 nitrogen and oxygen atoms in total. The molecule has 0 saturated carbocycles. The summed E-state index contributed by atoms with van der Waals surface area (Å²) in [5, 5.41) is 18.4. The van der Waals surface area contributed by atoms with Crippen molar-refractivity contribution in [1.29, 1.82) is 0 Å². The second kappa shape index (κ2) is 7.51. The molecular formula is C19H20ClN3O. The third-order valence-electron chi connectivity index (χ3n) is 3.81. The van der Waals surface area contributed by atoms with Crippen molar-refractivity contribution in [2.45, 2.75) is 19.9 Å². The third kappa shape index (κ3) is 3.78. The molecule has 24 heavy (non-hydrogen) atoms. The van der Waals surface area contributed by atoms with Crippen molar-refractivity contribution in [3.63, 3.8) is 0 Å². The molecule has 3 rings (SSSR count). The van der Waals surface area contributed by atoms with E-state index in [2.05, 4.69) is 22.5 Å². The van der Waals surface area contributed by atoms with E-state index in [0.717, 1.165) is 40.8 Å². The highest BCUT2D eigenvalue weighted by Crippen LogP contribution is 2.29. The highest BCUT2D eigenvalue weighted by molar-refractivity contribution is 6.31. The van der Waals surface area contributed by atoms with E-state index in [-0.39, 0.29) is 0 Å². The van der Waals surface area contributed by atoms with E-state index < -0.39 is 0 Å². The van der Waals surface area contributed by atoms with E-state index in [1.807, 2.05) is 36.4 Å². The Hall–Kier alpha value is -2.30. The van der Waals surface area contributed by atoms with E-state index in [1.54, 1.807) is 12.3 Å². The van der Waals surface area contributed by atoms with Crippen LogP contribution < -0.4 is 10.6 Å². The zero-order valence-corrected chi connectivity index (χ0v) is 14.3. The predicted molar refractivity (Wildman–Crippen MR) is 100 cm³/mol. The van der Waals surface area contributed by atoms with E-state index in [0.29, 0.717) is 17.3 Å². The summed E-state index contributed by atoms with van der Waals surface area (Å²) in [6.45, 7) is 3.68. The molecule has 0 atom stereocenters. The van der Waals surface area contributed by atoms with Crippen molar-refractivity contribution in [2.24, 2.45) is 0 Å². The molecule has 5 heteroatoms. The summed E-state index contributed by atoms with van der Waals surface area (Å²) in [6, 6.07) is 13.1. The number of aromatic hydroxyl groups is 1. The predicted octanol–water partition coefficient (Wildman–Crippen LogP) is 4.84. The summed E-state index contributed by atoms with van der Waals surface area (Å²) in [6.07, 6.45) is 2.81. The molecule has 1 heterocycles. The van der Waals surface area contributed by atoms with Crippen LogP contribution in [0.1, 0.15) is 18.9 Å². The van der Waals surface area contributed by atoms with Gasteiger partial charge in [-0.2, -0.15) is 0 Å². The summed E-state index contributed by atoms with van der Waals surface area (Å²) in [5.74, 6) is 0.301. The van der Waals surface area contributed by atoms with Crippen LogP contribution in [0.3, 0.4) is 0 Å². The smallest absolute Gasteiger partial charge is 0.120 e. The molecule has 2 aromatic carbocycles. The van der Waals surface area contributed by atoms with Crippen molar-refractivity contribution in [2.75, 3.05) is 11.9 Å². The van der Waals surface area contributed by atoms with Gasteiger partial charge in [-0.1, -0.05) is 18.5 Å². The number of nitrogens with one attached hydrogen (secondary N) is 2. The Morgan fingerprint density at radius 2 is 2.00 bits per heavy atom. The third-order valence-corrected chi connectivity index (χ3v) is 4.04. The Bertz CT molecular complexity index is 851. The lowest BCUT2D eigenvalue weighted by atomic mass is 10.1. The molecule has 0 aliphatic heterocycles. The largest absolute Gasteiger partial charge is 0.508 e. The van der Waals surface area contributed by atoms with Gasteiger partial charge < -0.3 is 15.7 Å². The minimum absolute atomic E-state index is 0.301. The SMILES string of the molecule is CCCNCc1cc(Nc2ccnc3cc(Cl)ccc23)ccc1O.